The van der Waals surface area contributed by atoms with Gasteiger partial charge in [-0.2, -0.15) is 0 Å². The van der Waals surface area contributed by atoms with E-state index in [0.717, 1.165) is 38.8 Å². The molecular weight excluding hydrogens is 366 g/mol. The van der Waals surface area contributed by atoms with Gasteiger partial charge in [0.05, 0.1) is 11.1 Å². The summed E-state index contributed by atoms with van der Waals surface area (Å²) in [5, 5.41) is 3.27. The van der Waals surface area contributed by atoms with E-state index in [0.29, 0.717) is 23.2 Å². The zero-order chi connectivity index (χ0) is 18.3. The van der Waals surface area contributed by atoms with Gasteiger partial charge < -0.3 is 10.2 Å². The van der Waals surface area contributed by atoms with Gasteiger partial charge in [-0.15, -0.1) is 12.4 Å². The van der Waals surface area contributed by atoms with Crippen LogP contribution in [0.3, 0.4) is 0 Å². The van der Waals surface area contributed by atoms with Crippen molar-refractivity contribution >= 4 is 30.1 Å². The van der Waals surface area contributed by atoms with Gasteiger partial charge in [-0.1, -0.05) is 19.3 Å². The lowest BCUT2D eigenvalue weighted by Gasteiger charge is -2.34. The Morgan fingerprint density at radius 1 is 1.07 bits per heavy atom. The summed E-state index contributed by atoms with van der Waals surface area (Å²) in [5.41, 5.74) is 1.31. The third-order valence-corrected chi connectivity index (χ3v) is 5.87. The monoisotopic (exact) mass is 391 g/mol. The van der Waals surface area contributed by atoms with Crippen molar-refractivity contribution in [1.82, 2.24) is 15.1 Å². The van der Waals surface area contributed by atoms with Gasteiger partial charge in [0.25, 0.3) is 17.7 Å². The molecule has 2 fully saturated rings. The fraction of sp³-hybridized carbons (Fsp3) is 0.550. The van der Waals surface area contributed by atoms with E-state index in [2.05, 4.69) is 5.32 Å². The molecule has 0 bridgehead atoms. The third kappa shape index (κ3) is 3.48. The first kappa shape index (κ1) is 19.8. The first-order valence-electron chi connectivity index (χ1n) is 9.61. The number of amides is 3. The number of nitrogens with one attached hydrogen (secondary N) is 1. The molecule has 0 aromatic heterocycles. The van der Waals surface area contributed by atoms with Crippen molar-refractivity contribution in [2.24, 2.45) is 0 Å². The predicted molar refractivity (Wildman–Crippen MR) is 104 cm³/mol. The largest absolute Gasteiger partial charge is 0.333 e. The van der Waals surface area contributed by atoms with Gasteiger partial charge in [-0.3, -0.25) is 19.3 Å². The molecule has 1 atom stereocenters. The normalized spacial score (nSPS) is 23.2. The highest BCUT2D eigenvalue weighted by Crippen LogP contribution is 2.31. The molecule has 0 radical (unpaired) electrons. The molecule has 0 spiro atoms. The van der Waals surface area contributed by atoms with E-state index in [1.165, 1.54) is 11.3 Å². The number of carbonyl (C=O) groups is 3. The summed E-state index contributed by atoms with van der Waals surface area (Å²) in [5.74, 6) is -0.510. The van der Waals surface area contributed by atoms with E-state index in [1.54, 1.807) is 18.2 Å². The summed E-state index contributed by atoms with van der Waals surface area (Å²) in [6, 6.07) is 5.07. The van der Waals surface area contributed by atoms with Gasteiger partial charge in [0.1, 0.15) is 0 Å². The lowest BCUT2D eigenvalue weighted by molar-refractivity contribution is 0.0548. The van der Waals surface area contributed by atoms with E-state index >= 15 is 0 Å². The van der Waals surface area contributed by atoms with Crippen molar-refractivity contribution in [3.05, 3.63) is 34.9 Å². The summed E-state index contributed by atoms with van der Waals surface area (Å²) in [6.07, 6.45) is 5.05. The highest BCUT2D eigenvalue weighted by molar-refractivity contribution is 6.22. The van der Waals surface area contributed by atoms with Gasteiger partial charge >= 0.3 is 0 Å². The van der Waals surface area contributed by atoms with E-state index in [-0.39, 0.29) is 42.2 Å². The molecule has 6 nitrogen and oxygen atoms in total. The van der Waals surface area contributed by atoms with E-state index in [1.807, 2.05) is 11.8 Å². The lowest BCUT2D eigenvalue weighted by atomic mass is 9.94. The summed E-state index contributed by atoms with van der Waals surface area (Å²) in [4.78, 5) is 41.8. The number of benzene rings is 1. The molecule has 4 rings (SSSR count). The maximum Gasteiger partial charge on any atom is 0.261 e. The van der Waals surface area contributed by atoms with Crippen molar-refractivity contribution in [1.29, 1.82) is 0 Å². The molecule has 7 heteroatoms. The fourth-order valence-electron chi connectivity index (χ4n) is 4.37. The average Bonchev–Trinajstić information content (AvgIpc) is 2.92. The Labute approximate surface area is 165 Å². The predicted octanol–water partition coefficient (Wildman–Crippen LogP) is 2.47. The van der Waals surface area contributed by atoms with E-state index in [9.17, 15) is 14.4 Å². The summed E-state index contributed by atoms with van der Waals surface area (Å²) in [7, 11) is 0. The third-order valence-electron chi connectivity index (χ3n) is 5.87. The number of carbonyl (C=O) groups excluding carboxylic acids is 3. The lowest BCUT2D eigenvalue weighted by Crippen LogP contribution is -2.52. The fourth-order valence-corrected chi connectivity index (χ4v) is 4.37. The second kappa shape index (κ2) is 7.98. The van der Waals surface area contributed by atoms with Gasteiger partial charge in [-0.25, -0.2) is 0 Å². The van der Waals surface area contributed by atoms with Crippen LogP contribution in [0.15, 0.2) is 18.2 Å². The Morgan fingerprint density at radius 3 is 2.48 bits per heavy atom. The number of fused-ring (bicyclic) bond motifs is 1. The average molecular weight is 392 g/mol. The SMILES string of the molecule is C[C@H]1CNCCN1C(=O)c1ccc2c(c1)C(=O)N(C1CCCCC1)C2=O.Cl. The molecule has 27 heavy (non-hydrogen) atoms. The second-order valence-electron chi connectivity index (χ2n) is 7.58. The molecule has 1 saturated heterocycles. The Hall–Kier alpha value is -1.92. The van der Waals surface area contributed by atoms with Crippen LogP contribution in [0.5, 0.6) is 0 Å². The summed E-state index contributed by atoms with van der Waals surface area (Å²) >= 11 is 0. The van der Waals surface area contributed by atoms with Crippen LogP contribution in [0, 0.1) is 0 Å². The smallest absolute Gasteiger partial charge is 0.261 e. The number of rotatable bonds is 2. The Balaban J connectivity index is 0.00000210. The molecule has 2 aliphatic heterocycles. The van der Waals surface area contributed by atoms with E-state index < -0.39 is 0 Å². The Kier molecular flexibility index (Phi) is 5.86. The Morgan fingerprint density at radius 2 is 1.78 bits per heavy atom. The highest BCUT2D eigenvalue weighted by atomic mass is 35.5. The number of imide groups is 1. The summed E-state index contributed by atoms with van der Waals surface area (Å²) < 4.78 is 0. The molecule has 1 aromatic rings. The van der Waals surface area contributed by atoms with Gasteiger partial charge in [-0.05, 0) is 38.0 Å². The minimum Gasteiger partial charge on any atom is -0.333 e. The molecule has 3 aliphatic rings. The van der Waals surface area contributed by atoms with Crippen LogP contribution in [0.1, 0.15) is 70.1 Å². The van der Waals surface area contributed by atoms with Crippen LogP contribution in [0.25, 0.3) is 0 Å². The highest BCUT2D eigenvalue weighted by Gasteiger charge is 2.40. The Bertz CT molecular complexity index is 761. The van der Waals surface area contributed by atoms with Gasteiger partial charge in [0.2, 0.25) is 0 Å². The van der Waals surface area contributed by atoms with Crippen molar-refractivity contribution in [2.75, 3.05) is 19.6 Å². The van der Waals surface area contributed by atoms with Crippen molar-refractivity contribution < 1.29 is 14.4 Å². The molecular formula is C20H26ClN3O3. The standard InChI is InChI=1S/C20H25N3O3.ClH/c1-13-12-21-9-10-22(13)18(24)14-7-8-16-17(11-14)20(26)23(19(16)25)15-5-3-2-4-6-15;/h7-8,11,13,15,21H,2-6,9-10,12H2,1H3;1H/t13-;/m0./s1. The first-order valence-corrected chi connectivity index (χ1v) is 9.61. The molecule has 2 heterocycles. The van der Waals surface area contributed by atoms with Crippen molar-refractivity contribution in [2.45, 2.75) is 51.1 Å². The van der Waals surface area contributed by atoms with Crippen LogP contribution >= 0.6 is 12.4 Å². The molecule has 0 unspecified atom stereocenters. The number of hydrogen-bond donors (Lipinski definition) is 1. The van der Waals surface area contributed by atoms with Gasteiger partial charge in [0.15, 0.2) is 0 Å². The number of halogens is 1. The topological polar surface area (TPSA) is 69.7 Å². The zero-order valence-corrected chi connectivity index (χ0v) is 16.4. The zero-order valence-electron chi connectivity index (χ0n) is 15.6. The maximum absolute atomic E-state index is 12.9. The van der Waals surface area contributed by atoms with Gasteiger partial charge in [0, 0.05) is 37.3 Å². The number of nitrogens with zero attached hydrogens (tertiary/aromatic N) is 2. The molecule has 146 valence electrons. The van der Waals surface area contributed by atoms with Crippen molar-refractivity contribution in [3.63, 3.8) is 0 Å². The number of piperazine rings is 1. The molecule has 3 amide bonds. The molecule has 1 aromatic carbocycles. The molecule has 1 N–H and O–H groups in total. The minimum absolute atomic E-state index is 0. The van der Waals surface area contributed by atoms with E-state index in [4.69, 9.17) is 0 Å². The van der Waals surface area contributed by atoms with Crippen LogP contribution in [0.4, 0.5) is 0 Å². The van der Waals surface area contributed by atoms with Crippen molar-refractivity contribution in [3.8, 4) is 0 Å². The number of hydrogen-bond acceptors (Lipinski definition) is 4. The van der Waals surface area contributed by atoms with Crippen LogP contribution in [-0.4, -0.2) is 59.2 Å². The quantitative estimate of drug-likeness (QED) is 0.786. The minimum atomic E-state index is -0.236. The second-order valence-corrected chi connectivity index (χ2v) is 7.58. The maximum atomic E-state index is 12.9. The van der Waals surface area contributed by atoms with Crippen LogP contribution in [-0.2, 0) is 0 Å². The summed E-state index contributed by atoms with van der Waals surface area (Å²) in [6.45, 7) is 4.20. The first-order chi connectivity index (χ1) is 12.6. The molecule has 1 aliphatic carbocycles. The van der Waals surface area contributed by atoms with Crippen LogP contribution < -0.4 is 5.32 Å². The molecule has 1 saturated carbocycles. The van der Waals surface area contributed by atoms with Crippen LogP contribution in [0.2, 0.25) is 0 Å².